The third-order valence-corrected chi connectivity index (χ3v) is 3.77. The first-order chi connectivity index (χ1) is 8.30. The molecule has 0 aliphatic rings. The van der Waals surface area contributed by atoms with Crippen molar-refractivity contribution < 1.29 is 23.1 Å². The van der Waals surface area contributed by atoms with E-state index in [1.165, 1.54) is 18.2 Å². The molecule has 0 unspecified atom stereocenters. The molecule has 0 atom stereocenters. The van der Waals surface area contributed by atoms with Gasteiger partial charge in [-0.15, -0.1) is 0 Å². The summed E-state index contributed by atoms with van der Waals surface area (Å²) in [5, 5.41) is 8.38. The molecule has 18 heavy (non-hydrogen) atoms. The van der Waals surface area contributed by atoms with E-state index < -0.39 is 15.0 Å². The molecule has 1 aromatic carbocycles. The first kappa shape index (κ1) is 15.1. The molecule has 1 rings (SSSR count). The van der Waals surface area contributed by atoms with E-state index in [1.807, 2.05) is 0 Å². The fraction of sp³-hybridized carbons (Fsp3) is 0.300. The van der Waals surface area contributed by atoms with E-state index >= 15 is 0 Å². The van der Waals surface area contributed by atoms with Crippen LogP contribution in [0.5, 0.6) is 5.75 Å². The lowest BCUT2D eigenvalue weighted by Gasteiger charge is -2.07. The van der Waals surface area contributed by atoms with Crippen molar-refractivity contribution in [3.05, 3.63) is 23.2 Å². The predicted octanol–water partition coefficient (Wildman–Crippen LogP) is 2.51. The predicted molar refractivity (Wildman–Crippen MR) is 66.9 cm³/mol. The van der Waals surface area contributed by atoms with Gasteiger partial charge < -0.3 is 9.84 Å². The molecule has 0 spiro atoms. The summed E-state index contributed by atoms with van der Waals surface area (Å²) in [4.78, 5) is 10.1. The molecule has 0 saturated carbocycles. The highest BCUT2D eigenvalue weighted by Gasteiger charge is 2.15. The van der Waals surface area contributed by atoms with Gasteiger partial charge in [0.05, 0.1) is 11.6 Å². The maximum absolute atomic E-state index is 11.1. The van der Waals surface area contributed by atoms with Crippen LogP contribution in [0.25, 0.3) is 0 Å². The third-order valence-electron chi connectivity index (χ3n) is 1.97. The number of carboxylic acid groups (broad SMARTS) is 1. The molecule has 0 heterocycles. The maximum Gasteiger partial charge on any atom is 0.303 e. The number of benzene rings is 1. The number of hydrogen-bond donors (Lipinski definition) is 1. The van der Waals surface area contributed by atoms with Gasteiger partial charge in [0, 0.05) is 23.2 Å². The second-order valence-electron chi connectivity index (χ2n) is 3.38. The average Bonchev–Trinajstić information content (AvgIpc) is 2.22. The zero-order valence-corrected chi connectivity index (χ0v) is 11.4. The van der Waals surface area contributed by atoms with Crippen LogP contribution in [-0.4, -0.2) is 26.1 Å². The molecule has 0 amide bonds. The largest absolute Gasteiger partial charge is 0.494 e. The minimum atomic E-state index is -3.88. The van der Waals surface area contributed by atoms with Crippen LogP contribution in [0.2, 0.25) is 5.02 Å². The van der Waals surface area contributed by atoms with Crippen molar-refractivity contribution in [2.45, 2.75) is 17.7 Å². The Morgan fingerprint density at radius 1 is 1.39 bits per heavy atom. The Morgan fingerprint density at radius 2 is 2.06 bits per heavy atom. The SMILES string of the molecule is O=C(O)CCCOc1ccc(S(=O)(=O)Cl)c(Cl)c1. The monoisotopic (exact) mass is 312 g/mol. The van der Waals surface area contributed by atoms with Gasteiger partial charge in [-0.2, -0.15) is 0 Å². The van der Waals surface area contributed by atoms with Crippen LogP contribution >= 0.6 is 22.3 Å². The summed E-state index contributed by atoms with van der Waals surface area (Å²) in [6.07, 6.45) is 0.352. The molecule has 1 N–H and O–H groups in total. The average molecular weight is 313 g/mol. The van der Waals surface area contributed by atoms with Gasteiger partial charge in [0.25, 0.3) is 9.05 Å². The number of ether oxygens (including phenoxy) is 1. The van der Waals surface area contributed by atoms with Crippen LogP contribution in [0.3, 0.4) is 0 Å². The number of hydrogen-bond acceptors (Lipinski definition) is 4. The van der Waals surface area contributed by atoms with Crippen molar-refractivity contribution in [2.24, 2.45) is 0 Å². The summed E-state index contributed by atoms with van der Waals surface area (Å²) in [5.41, 5.74) is 0. The molecular weight excluding hydrogens is 303 g/mol. The highest BCUT2D eigenvalue weighted by molar-refractivity contribution is 8.13. The summed E-state index contributed by atoms with van der Waals surface area (Å²) < 4.78 is 27.4. The molecule has 8 heteroatoms. The van der Waals surface area contributed by atoms with E-state index in [2.05, 4.69) is 0 Å². The summed E-state index contributed by atoms with van der Waals surface area (Å²) in [5.74, 6) is -0.547. The highest BCUT2D eigenvalue weighted by atomic mass is 35.7. The van der Waals surface area contributed by atoms with Crippen molar-refractivity contribution in [1.82, 2.24) is 0 Å². The van der Waals surface area contributed by atoms with Crippen molar-refractivity contribution in [1.29, 1.82) is 0 Å². The molecule has 5 nitrogen and oxygen atoms in total. The van der Waals surface area contributed by atoms with Crippen molar-refractivity contribution in [2.75, 3.05) is 6.61 Å². The van der Waals surface area contributed by atoms with E-state index in [1.54, 1.807) is 0 Å². The van der Waals surface area contributed by atoms with E-state index in [4.69, 9.17) is 32.1 Å². The van der Waals surface area contributed by atoms with Gasteiger partial charge in [-0.25, -0.2) is 8.42 Å². The van der Waals surface area contributed by atoms with Gasteiger partial charge in [-0.3, -0.25) is 4.79 Å². The van der Waals surface area contributed by atoms with E-state index in [-0.39, 0.29) is 22.9 Å². The quantitative estimate of drug-likeness (QED) is 0.645. The van der Waals surface area contributed by atoms with E-state index in [0.717, 1.165) is 0 Å². The summed E-state index contributed by atoms with van der Waals surface area (Å²) in [7, 11) is 1.28. The van der Waals surface area contributed by atoms with Crippen molar-refractivity contribution in [3.63, 3.8) is 0 Å². The van der Waals surface area contributed by atoms with Crippen LogP contribution in [0.15, 0.2) is 23.1 Å². The van der Waals surface area contributed by atoms with E-state index in [0.29, 0.717) is 12.2 Å². The Hall–Kier alpha value is -0.980. The molecule has 0 aliphatic carbocycles. The molecule has 0 fully saturated rings. The molecular formula is C10H10Cl2O5S. The topological polar surface area (TPSA) is 80.7 Å². The Bertz CT molecular complexity index is 541. The first-order valence-electron chi connectivity index (χ1n) is 4.89. The second kappa shape index (κ2) is 6.26. The molecule has 0 saturated heterocycles. The van der Waals surface area contributed by atoms with E-state index in [9.17, 15) is 13.2 Å². The minimum Gasteiger partial charge on any atom is -0.494 e. The molecule has 0 aromatic heterocycles. The smallest absolute Gasteiger partial charge is 0.303 e. The van der Waals surface area contributed by atoms with Crippen molar-refractivity contribution in [3.8, 4) is 5.75 Å². The number of aliphatic carboxylic acids is 1. The second-order valence-corrected chi connectivity index (χ2v) is 6.32. The van der Waals surface area contributed by atoms with Crippen LogP contribution in [0.4, 0.5) is 0 Å². The fourth-order valence-electron chi connectivity index (χ4n) is 1.18. The first-order valence-corrected chi connectivity index (χ1v) is 7.58. The van der Waals surface area contributed by atoms with Gasteiger partial charge in [-0.05, 0) is 18.6 Å². The molecule has 0 bridgehead atoms. The zero-order chi connectivity index (χ0) is 13.8. The molecule has 0 radical (unpaired) electrons. The fourth-order valence-corrected chi connectivity index (χ4v) is 2.70. The maximum atomic E-state index is 11.1. The van der Waals surface area contributed by atoms with Crippen LogP contribution in [0, 0.1) is 0 Å². The third kappa shape index (κ3) is 4.72. The van der Waals surface area contributed by atoms with Gasteiger partial charge in [0.15, 0.2) is 0 Å². The summed E-state index contributed by atoms with van der Waals surface area (Å²) in [6, 6.07) is 3.96. The highest BCUT2D eigenvalue weighted by Crippen LogP contribution is 2.28. The van der Waals surface area contributed by atoms with Crippen LogP contribution in [-0.2, 0) is 13.8 Å². The Kier molecular flexibility index (Phi) is 5.25. The minimum absolute atomic E-state index is 0.00186. The lowest BCUT2D eigenvalue weighted by molar-refractivity contribution is -0.137. The van der Waals surface area contributed by atoms with Gasteiger partial charge in [0.2, 0.25) is 0 Å². The van der Waals surface area contributed by atoms with Crippen LogP contribution < -0.4 is 4.74 Å². The standard InChI is InChI=1S/C10H10Cl2O5S/c11-8-6-7(17-5-1-2-10(13)14)3-4-9(8)18(12,15)16/h3-4,6H,1-2,5H2,(H,13,14). The van der Waals surface area contributed by atoms with Gasteiger partial charge in [-0.1, -0.05) is 11.6 Å². The Morgan fingerprint density at radius 3 is 2.56 bits per heavy atom. The summed E-state index contributed by atoms with van der Waals surface area (Å²) >= 11 is 5.74. The Balaban J connectivity index is 2.65. The van der Waals surface area contributed by atoms with Crippen molar-refractivity contribution >= 4 is 37.3 Å². The zero-order valence-electron chi connectivity index (χ0n) is 9.10. The number of rotatable bonds is 6. The van der Waals surface area contributed by atoms with Gasteiger partial charge in [0.1, 0.15) is 10.6 Å². The molecule has 100 valence electrons. The summed E-state index contributed by atoms with van der Waals surface area (Å²) in [6.45, 7) is 0.204. The lowest BCUT2D eigenvalue weighted by Crippen LogP contribution is -2.02. The normalized spacial score (nSPS) is 11.2. The van der Waals surface area contributed by atoms with Crippen LogP contribution in [0.1, 0.15) is 12.8 Å². The lowest BCUT2D eigenvalue weighted by atomic mass is 10.3. The molecule has 0 aliphatic heterocycles. The number of halogens is 2. The number of carbonyl (C=O) groups is 1. The Labute approximate surface area is 114 Å². The van der Waals surface area contributed by atoms with Gasteiger partial charge >= 0.3 is 5.97 Å². The molecule has 1 aromatic rings. The number of carboxylic acids is 1.